The van der Waals surface area contributed by atoms with Gasteiger partial charge in [-0.15, -0.1) is 0 Å². The molecule has 0 nitrogen and oxygen atoms in total. The summed E-state index contributed by atoms with van der Waals surface area (Å²) in [4.78, 5) is 0. The summed E-state index contributed by atoms with van der Waals surface area (Å²) < 4.78 is 0. The average molecular weight is 303 g/mol. The Balaban J connectivity index is 2.77. The first-order valence-corrected chi connectivity index (χ1v) is 9.30. The molecule has 0 aromatic heterocycles. The molecule has 0 amide bonds. The minimum absolute atomic E-state index is 0.235. The Bertz CT molecular complexity index is 440. The van der Waals surface area contributed by atoms with Gasteiger partial charge in [-0.05, 0) is 40.4 Å². The third-order valence-electron chi connectivity index (χ3n) is 4.58. The average Bonchev–Trinajstić information content (AvgIpc) is 2.40. The number of rotatable bonds is 7. The van der Waals surface area contributed by atoms with Crippen LogP contribution in [0.15, 0.2) is 18.2 Å². The lowest BCUT2D eigenvalue weighted by molar-refractivity contribution is 0.557. The van der Waals surface area contributed by atoms with Crippen LogP contribution in [-0.4, -0.2) is 0 Å². The molecule has 0 aliphatic rings. The van der Waals surface area contributed by atoms with Gasteiger partial charge >= 0.3 is 0 Å². The molecule has 22 heavy (non-hydrogen) atoms. The zero-order chi connectivity index (χ0) is 16.8. The van der Waals surface area contributed by atoms with Gasteiger partial charge in [0.1, 0.15) is 0 Å². The van der Waals surface area contributed by atoms with Crippen molar-refractivity contribution >= 4 is 0 Å². The Morgan fingerprint density at radius 1 is 0.727 bits per heavy atom. The van der Waals surface area contributed by atoms with E-state index in [4.69, 9.17) is 0 Å². The summed E-state index contributed by atoms with van der Waals surface area (Å²) in [7, 11) is 0. The van der Waals surface area contributed by atoms with Crippen molar-refractivity contribution in [3.63, 3.8) is 0 Å². The summed E-state index contributed by atoms with van der Waals surface area (Å²) in [5.74, 6) is 0. The van der Waals surface area contributed by atoms with E-state index in [-0.39, 0.29) is 10.8 Å². The number of benzene rings is 1. The van der Waals surface area contributed by atoms with E-state index >= 15 is 0 Å². The van der Waals surface area contributed by atoms with Gasteiger partial charge in [-0.25, -0.2) is 0 Å². The third kappa shape index (κ3) is 6.15. The SMILES string of the molecule is CCCCCCCCc1ccc(C(C)(C)C)cc1C(C)(C)C. The summed E-state index contributed by atoms with van der Waals surface area (Å²) in [6.45, 7) is 16.2. The molecule has 0 atom stereocenters. The maximum atomic E-state index is 2.46. The van der Waals surface area contributed by atoms with Gasteiger partial charge < -0.3 is 0 Å². The smallest absolute Gasteiger partial charge is 0.0129 e. The van der Waals surface area contributed by atoms with Crippen LogP contribution in [0, 0.1) is 0 Å². The van der Waals surface area contributed by atoms with Crippen LogP contribution in [0.25, 0.3) is 0 Å². The van der Waals surface area contributed by atoms with Gasteiger partial charge in [0, 0.05) is 0 Å². The Morgan fingerprint density at radius 3 is 1.86 bits per heavy atom. The predicted molar refractivity (Wildman–Crippen MR) is 101 cm³/mol. The maximum Gasteiger partial charge on any atom is -0.0129 e. The van der Waals surface area contributed by atoms with Crippen LogP contribution >= 0.6 is 0 Å². The fourth-order valence-corrected chi connectivity index (χ4v) is 3.05. The normalized spacial score (nSPS) is 12.7. The van der Waals surface area contributed by atoms with E-state index in [0.717, 1.165) is 0 Å². The molecule has 0 saturated heterocycles. The molecule has 1 aromatic carbocycles. The van der Waals surface area contributed by atoms with Crippen LogP contribution in [0.4, 0.5) is 0 Å². The molecule has 0 spiro atoms. The first-order valence-electron chi connectivity index (χ1n) is 9.30. The van der Waals surface area contributed by atoms with E-state index in [1.807, 2.05) is 0 Å². The Hall–Kier alpha value is -0.780. The zero-order valence-corrected chi connectivity index (χ0v) is 16.2. The van der Waals surface area contributed by atoms with Crippen LogP contribution in [0.1, 0.15) is 104 Å². The second-order valence-corrected chi connectivity index (χ2v) is 8.89. The predicted octanol–water partition coefficient (Wildman–Crippen LogP) is 7.18. The summed E-state index contributed by atoms with van der Waals surface area (Å²) in [6, 6.07) is 7.21. The zero-order valence-electron chi connectivity index (χ0n) is 16.2. The Morgan fingerprint density at radius 2 is 1.32 bits per heavy atom. The number of hydrogen-bond donors (Lipinski definition) is 0. The summed E-state index contributed by atoms with van der Waals surface area (Å²) in [5, 5.41) is 0. The molecular formula is C22H38. The Kier molecular flexibility index (Phi) is 7.16. The minimum Gasteiger partial charge on any atom is -0.0654 e. The van der Waals surface area contributed by atoms with Crippen molar-refractivity contribution in [2.24, 2.45) is 0 Å². The van der Waals surface area contributed by atoms with Gasteiger partial charge in [0.15, 0.2) is 0 Å². The van der Waals surface area contributed by atoms with E-state index in [1.165, 1.54) is 50.5 Å². The summed E-state index contributed by atoms with van der Waals surface area (Å²) in [6.07, 6.45) is 9.50. The molecule has 0 saturated carbocycles. The maximum absolute atomic E-state index is 2.46. The number of unbranched alkanes of at least 4 members (excludes halogenated alkanes) is 5. The molecule has 0 heterocycles. The lowest BCUT2D eigenvalue weighted by Gasteiger charge is -2.27. The first kappa shape index (κ1) is 19.3. The van der Waals surface area contributed by atoms with Crippen molar-refractivity contribution in [1.82, 2.24) is 0 Å². The van der Waals surface area contributed by atoms with Crippen LogP contribution < -0.4 is 0 Å². The number of hydrogen-bond acceptors (Lipinski definition) is 0. The lowest BCUT2D eigenvalue weighted by atomic mass is 9.77. The summed E-state index contributed by atoms with van der Waals surface area (Å²) in [5.41, 5.74) is 5.05. The topological polar surface area (TPSA) is 0 Å². The van der Waals surface area contributed by atoms with Crippen LogP contribution in [0.2, 0.25) is 0 Å². The monoisotopic (exact) mass is 302 g/mol. The molecular weight excluding hydrogens is 264 g/mol. The van der Waals surface area contributed by atoms with Crippen LogP contribution in [0.5, 0.6) is 0 Å². The highest BCUT2D eigenvalue weighted by molar-refractivity contribution is 5.39. The standard InChI is InChI=1S/C22H38/c1-8-9-10-11-12-13-14-18-15-16-19(21(2,3)4)17-20(18)22(5,6)7/h15-17H,8-14H2,1-7H3. The molecule has 126 valence electrons. The van der Waals surface area contributed by atoms with Crippen LogP contribution in [0.3, 0.4) is 0 Å². The second kappa shape index (κ2) is 8.18. The quantitative estimate of drug-likeness (QED) is 0.468. The van der Waals surface area contributed by atoms with Crippen molar-refractivity contribution in [3.8, 4) is 0 Å². The lowest BCUT2D eigenvalue weighted by Crippen LogP contribution is -2.18. The molecule has 0 bridgehead atoms. The van der Waals surface area contributed by atoms with Crippen molar-refractivity contribution in [2.45, 2.75) is 104 Å². The van der Waals surface area contributed by atoms with Crippen molar-refractivity contribution in [3.05, 3.63) is 34.9 Å². The van der Waals surface area contributed by atoms with Crippen molar-refractivity contribution in [1.29, 1.82) is 0 Å². The first-order chi connectivity index (χ1) is 10.2. The van der Waals surface area contributed by atoms with E-state index in [9.17, 15) is 0 Å². The van der Waals surface area contributed by atoms with E-state index < -0.39 is 0 Å². The van der Waals surface area contributed by atoms with Gasteiger partial charge in [0.2, 0.25) is 0 Å². The van der Waals surface area contributed by atoms with Gasteiger partial charge in [-0.1, -0.05) is 98.8 Å². The number of aryl methyl sites for hydroxylation is 1. The summed E-state index contributed by atoms with van der Waals surface area (Å²) >= 11 is 0. The molecule has 0 fully saturated rings. The van der Waals surface area contributed by atoms with Gasteiger partial charge in [-0.3, -0.25) is 0 Å². The molecule has 0 N–H and O–H groups in total. The van der Waals surface area contributed by atoms with Gasteiger partial charge in [0.05, 0.1) is 0 Å². The van der Waals surface area contributed by atoms with Crippen molar-refractivity contribution < 1.29 is 0 Å². The molecule has 1 rings (SSSR count). The molecule has 0 unspecified atom stereocenters. The van der Waals surface area contributed by atoms with E-state index in [0.29, 0.717) is 0 Å². The molecule has 0 aliphatic heterocycles. The fraction of sp³-hybridized carbons (Fsp3) is 0.727. The Labute approximate surface area is 139 Å². The molecule has 0 aliphatic carbocycles. The van der Waals surface area contributed by atoms with Crippen LogP contribution in [-0.2, 0) is 17.3 Å². The van der Waals surface area contributed by atoms with Gasteiger partial charge in [-0.2, -0.15) is 0 Å². The highest BCUT2D eigenvalue weighted by Gasteiger charge is 2.21. The molecule has 0 heteroatoms. The molecule has 0 radical (unpaired) electrons. The highest BCUT2D eigenvalue weighted by atomic mass is 14.3. The minimum atomic E-state index is 0.235. The fourth-order valence-electron chi connectivity index (χ4n) is 3.05. The second-order valence-electron chi connectivity index (χ2n) is 8.89. The van der Waals surface area contributed by atoms with Crippen molar-refractivity contribution in [2.75, 3.05) is 0 Å². The van der Waals surface area contributed by atoms with E-state index in [1.54, 1.807) is 11.1 Å². The van der Waals surface area contributed by atoms with E-state index in [2.05, 4.69) is 66.7 Å². The van der Waals surface area contributed by atoms with Gasteiger partial charge in [0.25, 0.3) is 0 Å². The third-order valence-corrected chi connectivity index (χ3v) is 4.58. The molecule has 1 aromatic rings. The largest absolute Gasteiger partial charge is 0.0654 e. The highest BCUT2D eigenvalue weighted by Crippen LogP contribution is 2.32.